The van der Waals surface area contributed by atoms with Crippen LogP contribution in [-0.4, -0.2) is 74.0 Å². The second-order valence-corrected chi connectivity index (χ2v) is 8.83. The highest BCUT2D eigenvalue weighted by Crippen LogP contribution is 2.18. The molecule has 0 saturated carbocycles. The van der Waals surface area contributed by atoms with E-state index in [1.165, 1.54) is 4.31 Å². The van der Waals surface area contributed by atoms with Gasteiger partial charge in [-0.2, -0.15) is 0 Å². The Kier molecular flexibility index (Phi) is 9.93. The second kappa shape index (κ2) is 10.3. The number of nitrogens with zero attached hydrogens (tertiary/aromatic N) is 2. The molecule has 0 radical (unpaired) electrons. The molecule has 1 fully saturated rings. The molecule has 148 valence electrons. The van der Waals surface area contributed by atoms with Crippen LogP contribution in [0.4, 0.5) is 0 Å². The SMILES string of the molecule is CCS(=O)(=O)N(C)C1CCN(C(=O)CNC(=O)[C@@H](N)C(C)C)CC1.Cl. The molecule has 2 amide bonds. The van der Waals surface area contributed by atoms with Gasteiger partial charge in [0, 0.05) is 26.2 Å². The van der Waals surface area contributed by atoms with E-state index in [4.69, 9.17) is 5.73 Å². The molecule has 0 spiro atoms. The third-order valence-electron chi connectivity index (χ3n) is 4.57. The highest BCUT2D eigenvalue weighted by Gasteiger charge is 2.30. The summed E-state index contributed by atoms with van der Waals surface area (Å²) in [7, 11) is -1.62. The number of halogens is 1. The quantitative estimate of drug-likeness (QED) is 0.615. The first-order valence-corrected chi connectivity index (χ1v) is 9.97. The number of piperidine rings is 1. The van der Waals surface area contributed by atoms with Crippen molar-refractivity contribution in [3.8, 4) is 0 Å². The van der Waals surface area contributed by atoms with Gasteiger partial charge in [0.15, 0.2) is 0 Å². The molecule has 0 aliphatic carbocycles. The lowest BCUT2D eigenvalue weighted by Gasteiger charge is -2.36. The first kappa shape index (κ1) is 24.1. The fourth-order valence-electron chi connectivity index (χ4n) is 2.60. The predicted octanol–water partition coefficient (Wildman–Crippen LogP) is -0.220. The van der Waals surface area contributed by atoms with Gasteiger partial charge in [-0.3, -0.25) is 9.59 Å². The molecule has 0 aromatic heterocycles. The number of likely N-dealkylation sites (tertiary alicyclic amines) is 1. The molecule has 0 bridgehead atoms. The maximum Gasteiger partial charge on any atom is 0.241 e. The number of carbonyl (C=O) groups excluding carboxylic acids is 2. The molecule has 0 aromatic rings. The lowest BCUT2D eigenvalue weighted by molar-refractivity contribution is -0.134. The van der Waals surface area contributed by atoms with Crippen molar-refractivity contribution in [2.75, 3.05) is 32.4 Å². The van der Waals surface area contributed by atoms with Crippen LogP contribution in [0, 0.1) is 5.92 Å². The maximum absolute atomic E-state index is 12.2. The largest absolute Gasteiger partial charge is 0.346 e. The van der Waals surface area contributed by atoms with Crippen LogP contribution in [-0.2, 0) is 19.6 Å². The second-order valence-electron chi connectivity index (χ2n) is 6.52. The van der Waals surface area contributed by atoms with E-state index < -0.39 is 16.1 Å². The third kappa shape index (κ3) is 6.73. The Morgan fingerprint density at radius 2 is 1.80 bits per heavy atom. The number of sulfonamides is 1. The van der Waals surface area contributed by atoms with Crippen molar-refractivity contribution in [1.29, 1.82) is 0 Å². The molecule has 0 unspecified atom stereocenters. The van der Waals surface area contributed by atoms with Crippen molar-refractivity contribution in [1.82, 2.24) is 14.5 Å². The van der Waals surface area contributed by atoms with E-state index >= 15 is 0 Å². The summed E-state index contributed by atoms with van der Waals surface area (Å²) >= 11 is 0. The van der Waals surface area contributed by atoms with Gasteiger partial charge in [-0.05, 0) is 25.7 Å². The maximum atomic E-state index is 12.2. The first-order chi connectivity index (χ1) is 11.1. The zero-order chi connectivity index (χ0) is 18.5. The monoisotopic (exact) mass is 398 g/mol. The molecule has 25 heavy (non-hydrogen) atoms. The zero-order valence-corrected chi connectivity index (χ0v) is 17.0. The standard InChI is InChI=1S/C15H30N4O4S.ClH/c1-5-24(22,23)18(4)12-6-8-19(9-7-12)13(20)10-17-15(21)14(16)11(2)3;/h11-12,14H,5-10,16H2,1-4H3,(H,17,21);1H/t14-;/m0./s1. The van der Waals surface area contributed by atoms with Gasteiger partial charge < -0.3 is 16.0 Å². The summed E-state index contributed by atoms with van der Waals surface area (Å²) in [6.45, 7) is 6.20. The Bertz CT molecular complexity index is 548. The number of hydrogen-bond acceptors (Lipinski definition) is 5. The number of carbonyl (C=O) groups is 2. The van der Waals surface area contributed by atoms with Gasteiger partial charge in [-0.15, -0.1) is 12.4 Å². The molecule has 1 saturated heterocycles. The minimum atomic E-state index is -3.22. The highest BCUT2D eigenvalue weighted by molar-refractivity contribution is 7.89. The van der Waals surface area contributed by atoms with Crippen LogP contribution >= 0.6 is 12.4 Å². The highest BCUT2D eigenvalue weighted by atomic mass is 35.5. The Labute approximate surface area is 156 Å². The fourth-order valence-corrected chi connectivity index (χ4v) is 3.68. The first-order valence-electron chi connectivity index (χ1n) is 8.37. The lowest BCUT2D eigenvalue weighted by atomic mass is 10.0. The van der Waals surface area contributed by atoms with E-state index in [-0.39, 0.29) is 48.5 Å². The van der Waals surface area contributed by atoms with Crippen molar-refractivity contribution < 1.29 is 18.0 Å². The molecule has 1 atom stereocenters. The molecule has 1 aliphatic rings. The summed E-state index contributed by atoms with van der Waals surface area (Å²) in [6.07, 6.45) is 1.20. The minimum absolute atomic E-state index is 0. The third-order valence-corrected chi connectivity index (χ3v) is 6.48. The van der Waals surface area contributed by atoms with E-state index in [0.717, 1.165) is 0 Å². The number of nitrogens with two attached hydrogens (primary N) is 1. The van der Waals surface area contributed by atoms with Gasteiger partial charge in [0.05, 0.1) is 18.3 Å². The van der Waals surface area contributed by atoms with Crippen LogP contribution in [0.25, 0.3) is 0 Å². The Hall–Kier alpha value is -0.900. The molecule has 1 rings (SSSR count). The van der Waals surface area contributed by atoms with E-state index in [1.807, 2.05) is 13.8 Å². The Morgan fingerprint density at radius 3 is 2.24 bits per heavy atom. The van der Waals surface area contributed by atoms with Gasteiger partial charge in [0.1, 0.15) is 0 Å². The summed E-state index contributed by atoms with van der Waals surface area (Å²) in [6, 6.07) is -0.709. The molecular formula is C15H31ClN4O4S. The topological polar surface area (TPSA) is 113 Å². The lowest BCUT2D eigenvalue weighted by Crippen LogP contribution is -2.51. The number of nitrogens with one attached hydrogen (secondary N) is 1. The molecular weight excluding hydrogens is 368 g/mol. The number of hydrogen-bond donors (Lipinski definition) is 2. The summed E-state index contributed by atoms with van der Waals surface area (Å²) in [5.41, 5.74) is 5.73. The molecule has 1 heterocycles. The van der Waals surface area contributed by atoms with Crippen LogP contribution in [0.15, 0.2) is 0 Å². The van der Waals surface area contributed by atoms with Gasteiger partial charge >= 0.3 is 0 Å². The van der Waals surface area contributed by atoms with Crippen LogP contribution in [0.3, 0.4) is 0 Å². The van der Waals surface area contributed by atoms with E-state index in [0.29, 0.717) is 25.9 Å². The predicted molar refractivity (Wildman–Crippen MR) is 99.9 cm³/mol. The summed E-state index contributed by atoms with van der Waals surface area (Å²) in [5.74, 6) is -0.419. The van der Waals surface area contributed by atoms with Gasteiger partial charge in [-0.1, -0.05) is 13.8 Å². The van der Waals surface area contributed by atoms with Crippen molar-refractivity contribution >= 4 is 34.2 Å². The van der Waals surface area contributed by atoms with Crippen molar-refractivity contribution in [3.05, 3.63) is 0 Å². The van der Waals surface area contributed by atoms with Crippen LogP contribution in [0.1, 0.15) is 33.6 Å². The van der Waals surface area contributed by atoms with Crippen molar-refractivity contribution in [2.45, 2.75) is 45.7 Å². The van der Waals surface area contributed by atoms with Crippen LogP contribution in [0.5, 0.6) is 0 Å². The average molecular weight is 399 g/mol. The van der Waals surface area contributed by atoms with Crippen molar-refractivity contribution in [3.63, 3.8) is 0 Å². The summed E-state index contributed by atoms with van der Waals surface area (Å²) in [5, 5.41) is 2.57. The molecule has 10 heteroatoms. The number of amides is 2. The molecule has 3 N–H and O–H groups in total. The van der Waals surface area contributed by atoms with Gasteiger partial charge in [0.2, 0.25) is 21.8 Å². The van der Waals surface area contributed by atoms with Gasteiger partial charge in [0.25, 0.3) is 0 Å². The number of rotatable bonds is 7. The van der Waals surface area contributed by atoms with E-state index in [1.54, 1.807) is 18.9 Å². The minimum Gasteiger partial charge on any atom is -0.346 e. The van der Waals surface area contributed by atoms with Crippen LogP contribution in [0.2, 0.25) is 0 Å². The fraction of sp³-hybridized carbons (Fsp3) is 0.867. The smallest absolute Gasteiger partial charge is 0.241 e. The zero-order valence-electron chi connectivity index (χ0n) is 15.4. The van der Waals surface area contributed by atoms with Crippen LogP contribution < -0.4 is 11.1 Å². The van der Waals surface area contributed by atoms with E-state index in [9.17, 15) is 18.0 Å². The van der Waals surface area contributed by atoms with E-state index in [2.05, 4.69) is 5.32 Å². The molecule has 8 nitrogen and oxygen atoms in total. The Morgan fingerprint density at radius 1 is 1.28 bits per heavy atom. The summed E-state index contributed by atoms with van der Waals surface area (Å²) < 4.78 is 25.2. The Balaban J connectivity index is 0.00000576. The molecule has 1 aliphatic heterocycles. The summed E-state index contributed by atoms with van der Waals surface area (Å²) in [4.78, 5) is 25.6. The normalized spacial score (nSPS) is 17.3. The van der Waals surface area contributed by atoms with Gasteiger partial charge in [-0.25, -0.2) is 12.7 Å². The van der Waals surface area contributed by atoms with Crippen molar-refractivity contribution in [2.24, 2.45) is 11.7 Å². The average Bonchev–Trinajstić information content (AvgIpc) is 2.57. The molecule has 0 aromatic carbocycles.